The van der Waals surface area contributed by atoms with Crippen LogP contribution in [0.25, 0.3) is 0 Å². The van der Waals surface area contributed by atoms with Gasteiger partial charge in [-0.1, -0.05) is 6.08 Å². The Labute approximate surface area is 61.8 Å². The first-order valence-corrected chi connectivity index (χ1v) is 4.12. The molecule has 0 saturated heterocycles. The first-order valence-electron chi connectivity index (χ1n) is 4.12. The molecule has 2 saturated carbocycles. The summed E-state index contributed by atoms with van der Waals surface area (Å²) >= 11 is 0. The van der Waals surface area contributed by atoms with Gasteiger partial charge in [0.2, 0.25) is 0 Å². The normalized spacial score (nSPS) is 51.7. The SMILES string of the molecule is C=C[C@H]1C[C@H]2C[C@@H]1[C@H](O)C2. The number of hydrogen-bond donors (Lipinski definition) is 1. The van der Waals surface area contributed by atoms with Crippen LogP contribution in [0, 0.1) is 17.8 Å². The van der Waals surface area contributed by atoms with Gasteiger partial charge in [0.15, 0.2) is 0 Å². The molecule has 0 aromatic rings. The van der Waals surface area contributed by atoms with E-state index < -0.39 is 0 Å². The minimum absolute atomic E-state index is 0.0123. The van der Waals surface area contributed by atoms with E-state index in [9.17, 15) is 5.11 Å². The Morgan fingerprint density at radius 2 is 2.10 bits per heavy atom. The Kier molecular flexibility index (Phi) is 1.34. The second-order valence-electron chi connectivity index (χ2n) is 3.70. The van der Waals surface area contributed by atoms with Crippen LogP contribution in [-0.4, -0.2) is 11.2 Å². The molecule has 56 valence electrons. The van der Waals surface area contributed by atoms with Crippen molar-refractivity contribution in [2.45, 2.75) is 25.4 Å². The van der Waals surface area contributed by atoms with E-state index in [0.717, 1.165) is 12.3 Å². The highest BCUT2D eigenvalue weighted by Gasteiger charge is 2.43. The molecule has 4 atom stereocenters. The lowest BCUT2D eigenvalue weighted by atomic mass is 9.87. The van der Waals surface area contributed by atoms with Crippen molar-refractivity contribution < 1.29 is 5.11 Å². The van der Waals surface area contributed by atoms with Crippen molar-refractivity contribution in [2.24, 2.45) is 17.8 Å². The summed E-state index contributed by atoms with van der Waals surface area (Å²) in [5.41, 5.74) is 0. The lowest BCUT2D eigenvalue weighted by Gasteiger charge is -2.22. The van der Waals surface area contributed by atoms with Crippen LogP contribution in [0.4, 0.5) is 0 Å². The van der Waals surface area contributed by atoms with Gasteiger partial charge in [-0.2, -0.15) is 0 Å². The summed E-state index contributed by atoms with van der Waals surface area (Å²) in [6.07, 6.45) is 5.59. The standard InChI is InChI=1S/C9H14O/c1-2-7-3-6-4-8(7)9(10)5-6/h2,6-10H,1,3-5H2/t6-,7-,8-,9+/m0/s1. The lowest BCUT2D eigenvalue weighted by molar-refractivity contribution is 0.0943. The smallest absolute Gasteiger partial charge is 0.0576 e. The van der Waals surface area contributed by atoms with Crippen molar-refractivity contribution >= 4 is 0 Å². The maximum Gasteiger partial charge on any atom is 0.0576 e. The third kappa shape index (κ3) is 0.734. The molecular weight excluding hydrogens is 124 g/mol. The van der Waals surface area contributed by atoms with Crippen molar-refractivity contribution in [1.29, 1.82) is 0 Å². The van der Waals surface area contributed by atoms with Gasteiger partial charge in [-0.15, -0.1) is 6.58 Å². The first-order chi connectivity index (χ1) is 4.81. The Bertz CT molecular complexity index is 153. The summed E-state index contributed by atoms with van der Waals surface area (Å²) in [4.78, 5) is 0. The average Bonchev–Trinajstić information content (AvgIpc) is 2.44. The Hall–Kier alpha value is -0.300. The van der Waals surface area contributed by atoms with Gasteiger partial charge in [0.1, 0.15) is 0 Å². The molecule has 1 nitrogen and oxygen atoms in total. The van der Waals surface area contributed by atoms with Crippen LogP contribution in [0.3, 0.4) is 0 Å². The molecular formula is C9H14O. The number of rotatable bonds is 1. The molecule has 2 rings (SSSR count). The molecule has 0 heterocycles. The highest BCUT2D eigenvalue weighted by molar-refractivity contribution is 5.01. The molecule has 0 radical (unpaired) electrons. The maximum absolute atomic E-state index is 9.47. The number of hydrogen-bond acceptors (Lipinski definition) is 1. The van der Waals surface area contributed by atoms with Gasteiger partial charge in [-0.3, -0.25) is 0 Å². The van der Waals surface area contributed by atoms with Gasteiger partial charge < -0.3 is 5.11 Å². The zero-order chi connectivity index (χ0) is 7.14. The predicted octanol–water partition coefficient (Wildman–Crippen LogP) is 1.58. The quantitative estimate of drug-likeness (QED) is 0.545. The Balaban J connectivity index is 2.12. The van der Waals surface area contributed by atoms with Crippen LogP contribution in [0.1, 0.15) is 19.3 Å². The Morgan fingerprint density at radius 3 is 2.50 bits per heavy atom. The predicted molar refractivity (Wildman–Crippen MR) is 40.5 cm³/mol. The van der Waals surface area contributed by atoms with Crippen molar-refractivity contribution in [2.75, 3.05) is 0 Å². The van der Waals surface area contributed by atoms with Crippen LogP contribution in [0.2, 0.25) is 0 Å². The molecule has 2 aliphatic rings. The largest absolute Gasteiger partial charge is 0.393 e. The first kappa shape index (κ1) is 6.41. The Morgan fingerprint density at radius 1 is 1.30 bits per heavy atom. The number of aliphatic hydroxyl groups is 1. The molecule has 0 spiro atoms. The van der Waals surface area contributed by atoms with Crippen molar-refractivity contribution in [3.05, 3.63) is 12.7 Å². The summed E-state index contributed by atoms with van der Waals surface area (Å²) in [5, 5.41) is 9.47. The molecule has 0 amide bonds. The fourth-order valence-electron chi connectivity index (χ4n) is 2.64. The van der Waals surface area contributed by atoms with Gasteiger partial charge in [-0.25, -0.2) is 0 Å². The van der Waals surface area contributed by atoms with Crippen molar-refractivity contribution in [1.82, 2.24) is 0 Å². The van der Waals surface area contributed by atoms with Crippen LogP contribution in [0.15, 0.2) is 12.7 Å². The fourth-order valence-corrected chi connectivity index (χ4v) is 2.64. The summed E-state index contributed by atoms with van der Waals surface area (Å²) in [6, 6.07) is 0. The summed E-state index contributed by atoms with van der Waals surface area (Å²) in [7, 11) is 0. The summed E-state index contributed by atoms with van der Waals surface area (Å²) in [6.45, 7) is 3.78. The van der Waals surface area contributed by atoms with Crippen molar-refractivity contribution in [3.63, 3.8) is 0 Å². The molecule has 0 aromatic heterocycles. The highest BCUT2D eigenvalue weighted by Crippen LogP contribution is 2.48. The van der Waals surface area contributed by atoms with E-state index in [-0.39, 0.29) is 6.10 Å². The average molecular weight is 138 g/mol. The molecule has 0 aliphatic heterocycles. The van der Waals surface area contributed by atoms with E-state index in [0.29, 0.717) is 11.8 Å². The third-order valence-electron chi connectivity index (χ3n) is 3.13. The molecule has 10 heavy (non-hydrogen) atoms. The number of fused-ring (bicyclic) bond motifs is 2. The van der Waals surface area contributed by atoms with Gasteiger partial charge in [-0.05, 0) is 37.0 Å². The lowest BCUT2D eigenvalue weighted by Crippen LogP contribution is -2.22. The van der Waals surface area contributed by atoms with Crippen molar-refractivity contribution in [3.8, 4) is 0 Å². The molecule has 2 fully saturated rings. The van der Waals surface area contributed by atoms with Gasteiger partial charge in [0.05, 0.1) is 6.10 Å². The highest BCUT2D eigenvalue weighted by atomic mass is 16.3. The van der Waals surface area contributed by atoms with Crippen LogP contribution in [0.5, 0.6) is 0 Å². The maximum atomic E-state index is 9.47. The third-order valence-corrected chi connectivity index (χ3v) is 3.13. The monoisotopic (exact) mass is 138 g/mol. The molecule has 1 heteroatoms. The summed E-state index contributed by atoms with van der Waals surface area (Å²) in [5.74, 6) is 1.99. The van der Waals surface area contributed by atoms with E-state index in [2.05, 4.69) is 6.58 Å². The van der Waals surface area contributed by atoms with Gasteiger partial charge in [0, 0.05) is 0 Å². The second-order valence-corrected chi connectivity index (χ2v) is 3.70. The molecule has 2 bridgehead atoms. The molecule has 2 aliphatic carbocycles. The zero-order valence-corrected chi connectivity index (χ0v) is 6.16. The molecule has 1 N–H and O–H groups in total. The van der Waals surface area contributed by atoms with Crippen LogP contribution < -0.4 is 0 Å². The number of allylic oxidation sites excluding steroid dienone is 1. The second kappa shape index (κ2) is 2.09. The molecule has 0 aromatic carbocycles. The summed E-state index contributed by atoms with van der Waals surface area (Å²) < 4.78 is 0. The fraction of sp³-hybridized carbons (Fsp3) is 0.778. The van der Waals surface area contributed by atoms with Gasteiger partial charge in [0.25, 0.3) is 0 Å². The van der Waals surface area contributed by atoms with E-state index >= 15 is 0 Å². The minimum atomic E-state index is -0.0123. The topological polar surface area (TPSA) is 20.2 Å². The van der Waals surface area contributed by atoms with Crippen LogP contribution >= 0.6 is 0 Å². The van der Waals surface area contributed by atoms with Gasteiger partial charge >= 0.3 is 0 Å². The van der Waals surface area contributed by atoms with E-state index in [1.807, 2.05) is 6.08 Å². The zero-order valence-electron chi connectivity index (χ0n) is 6.16. The minimum Gasteiger partial charge on any atom is -0.393 e. The van der Waals surface area contributed by atoms with E-state index in [1.54, 1.807) is 0 Å². The van der Waals surface area contributed by atoms with Crippen LogP contribution in [-0.2, 0) is 0 Å². The molecule has 0 unspecified atom stereocenters. The van der Waals surface area contributed by atoms with E-state index in [4.69, 9.17) is 0 Å². The number of aliphatic hydroxyl groups excluding tert-OH is 1. The van der Waals surface area contributed by atoms with E-state index in [1.165, 1.54) is 12.8 Å².